The highest BCUT2D eigenvalue weighted by atomic mass is 127. The number of halogens is 3. The summed E-state index contributed by atoms with van der Waals surface area (Å²) < 4.78 is 22.7. The van der Waals surface area contributed by atoms with Crippen LogP contribution in [0, 0.1) is 9.52 Å². The van der Waals surface area contributed by atoms with Crippen LogP contribution in [0.15, 0.2) is 16.6 Å². The van der Waals surface area contributed by atoms with E-state index in [1.807, 2.05) is 6.07 Å². The highest BCUT2D eigenvalue weighted by Gasteiger charge is 2.15. The third kappa shape index (κ3) is 3.86. The van der Waals surface area contributed by atoms with E-state index in [1.54, 1.807) is 10.7 Å². The van der Waals surface area contributed by atoms with Gasteiger partial charge in [0, 0.05) is 11.1 Å². The number of rotatable bonds is 5. The Morgan fingerprint density at radius 2 is 2.10 bits per heavy atom. The van der Waals surface area contributed by atoms with Gasteiger partial charge in [-0.1, -0.05) is 0 Å². The maximum atomic E-state index is 14.2. The van der Waals surface area contributed by atoms with Crippen molar-refractivity contribution in [2.24, 2.45) is 0 Å². The molecule has 0 aliphatic carbocycles. The summed E-state index contributed by atoms with van der Waals surface area (Å²) in [5, 5.41) is 5.17. The Hall–Kier alpha value is 0.140. The van der Waals surface area contributed by atoms with Gasteiger partial charge in [0.15, 0.2) is 5.82 Å². The number of hydrogen-bond acceptors (Lipinski definition) is 2. The molecule has 0 unspecified atom stereocenters. The number of fused-ring (bicyclic) bond motifs is 1. The summed E-state index contributed by atoms with van der Waals surface area (Å²) in [4.78, 5) is 0. The molecule has 20 heavy (non-hydrogen) atoms. The SMILES string of the molecule is CS(C)(C)CCOCn1nc(I)c2ccc(Br)c(F)c21. The average Bonchev–Trinajstić information content (AvgIpc) is 2.66. The molecular weight excluding hydrogens is 458 g/mol. The monoisotopic (exact) mass is 474 g/mol. The molecule has 0 N–H and O–H groups in total. The van der Waals surface area contributed by atoms with Crippen molar-refractivity contribution in [3.8, 4) is 0 Å². The molecule has 2 aromatic rings. The topological polar surface area (TPSA) is 27.1 Å². The van der Waals surface area contributed by atoms with Crippen molar-refractivity contribution in [2.75, 3.05) is 31.1 Å². The smallest absolute Gasteiger partial charge is 0.163 e. The Balaban J connectivity index is 2.16. The first-order valence-electron chi connectivity index (χ1n) is 6.03. The van der Waals surface area contributed by atoms with Crippen LogP contribution < -0.4 is 0 Å². The fourth-order valence-corrected chi connectivity index (χ4v) is 3.36. The largest absolute Gasteiger partial charge is 0.358 e. The Morgan fingerprint density at radius 1 is 1.40 bits per heavy atom. The lowest BCUT2D eigenvalue weighted by molar-refractivity contribution is 0.0834. The maximum absolute atomic E-state index is 14.2. The van der Waals surface area contributed by atoms with Gasteiger partial charge < -0.3 is 4.74 Å². The molecule has 0 aliphatic rings. The summed E-state index contributed by atoms with van der Waals surface area (Å²) in [6.45, 7) is 0.953. The number of nitrogens with zero attached hydrogens (tertiary/aromatic N) is 2. The van der Waals surface area contributed by atoms with Crippen LogP contribution in [0.1, 0.15) is 0 Å². The van der Waals surface area contributed by atoms with Crippen LogP contribution in [0.25, 0.3) is 10.9 Å². The van der Waals surface area contributed by atoms with Crippen LogP contribution >= 0.6 is 48.5 Å². The predicted octanol–water partition coefficient (Wildman–Crippen LogP) is 4.21. The first kappa shape index (κ1) is 16.5. The molecule has 0 bridgehead atoms. The Bertz CT molecular complexity index is 627. The average molecular weight is 475 g/mol. The molecule has 1 heterocycles. The molecule has 1 aromatic heterocycles. The van der Waals surface area contributed by atoms with Crippen molar-refractivity contribution < 1.29 is 9.13 Å². The van der Waals surface area contributed by atoms with E-state index in [4.69, 9.17) is 4.74 Å². The van der Waals surface area contributed by atoms with Gasteiger partial charge >= 0.3 is 0 Å². The fourth-order valence-electron chi connectivity index (χ4n) is 1.72. The van der Waals surface area contributed by atoms with Crippen LogP contribution in [0.3, 0.4) is 0 Å². The molecule has 112 valence electrons. The maximum Gasteiger partial charge on any atom is 0.163 e. The molecule has 0 saturated heterocycles. The number of aromatic nitrogens is 2. The van der Waals surface area contributed by atoms with Crippen LogP contribution in [-0.2, 0) is 11.5 Å². The number of ether oxygens (including phenoxy) is 1. The number of hydrogen-bond donors (Lipinski definition) is 0. The molecule has 0 amide bonds. The van der Waals surface area contributed by atoms with E-state index in [9.17, 15) is 4.39 Å². The van der Waals surface area contributed by atoms with Crippen molar-refractivity contribution in [3.63, 3.8) is 0 Å². The van der Waals surface area contributed by atoms with E-state index in [1.165, 1.54) is 0 Å². The van der Waals surface area contributed by atoms with E-state index in [-0.39, 0.29) is 12.5 Å². The van der Waals surface area contributed by atoms with Gasteiger partial charge in [-0.05, 0) is 69.4 Å². The van der Waals surface area contributed by atoms with Gasteiger partial charge in [0.2, 0.25) is 0 Å². The van der Waals surface area contributed by atoms with E-state index in [2.05, 4.69) is 62.4 Å². The molecule has 0 spiro atoms. The van der Waals surface area contributed by atoms with Gasteiger partial charge in [-0.25, -0.2) is 19.1 Å². The molecule has 1 aromatic carbocycles. The molecule has 0 saturated carbocycles. The van der Waals surface area contributed by atoms with Crippen molar-refractivity contribution >= 4 is 59.5 Å². The highest BCUT2D eigenvalue weighted by Crippen LogP contribution is 2.33. The van der Waals surface area contributed by atoms with Crippen LogP contribution in [0.5, 0.6) is 0 Å². The van der Waals surface area contributed by atoms with Gasteiger partial charge in [0.05, 0.1) is 11.1 Å². The lowest BCUT2D eigenvalue weighted by Crippen LogP contribution is -2.11. The molecule has 2 rings (SSSR count). The first-order valence-corrected chi connectivity index (χ1v) is 10.9. The molecule has 0 atom stereocenters. The minimum Gasteiger partial charge on any atom is -0.358 e. The van der Waals surface area contributed by atoms with Crippen molar-refractivity contribution in [1.82, 2.24) is 9.78 Å². The lowest BCUT2D eigenvalue weighted by atomic mass is 10.2. The number of benzene rings is 1. The summed E-state index contributed by atoms with van der Waals surface area (Å²) in [5.41, 5.74) is 0.492. The zero-order chi connectivity index (χ0) is 14.9. The summed E-state index contributed by atoms with van der Waals surface area (Å²) >= 11 is 5.33. The Labute approximate surface area is 141 Å². The van der Waals surface area contributed by atoms with Gasteiger partial charge in [-0.3, -0.25) is 0 Å². The van der Waals surface area contributed by atoms with Gasteiger partial charge in [-0.15, -0.1) is 0 Å². The Morgan fingerprint density at radius 3 is 2.75 bits per heavy atom. The second-order valence-corrected chi connectivity index (χ2v) is 11.8. The first-order chi connectivity index (χ1) is 9.29. The molecule has 3 nitrogen and oxygen atoms in total. The standard InChI is InChI=1S/C13H17BrFIN2OS/c1-20(2,3)7-6-19-8-18-12-9(13(16)17-18)4-5-10(14)11(12)15/h4-5H,6-8H2,1-3H3. The third-order valence-electron chi connectivity index (χ3n) is 2.81. The van der Waals surface area contributed by atoms with Crippen LogP contribution in [0.2, 0.25) is 0 Å². The molecule has 7 heteroatoms. The minimum atomic E-state index is -0.568. The molecule has 0 radical (unpaired) electrons. The fraction of sp³-hybridized carbons (Fsp3) is 0.462. The summed E-state index contributed by atoms with van der Waals surface area (Å²) in [7, 11) is -0.568. The van der Waals surface area contributed by atoms with Gasteiger partial charge in [0.1, 0.15) is 15.9 Å². The minimum absolute atomic E-state index is 0.280. The summed E-state index contributed by atoms with van der Waals surface area (Å²) in [5.74, 6) is 0.748. The second-order valence-electron chi connectivity index (χ2n) is 5.38. The third-order valence-corrected chi connectivity index (χ3v) is 5.61. The molecule has 0 fully saturated rings. The predicted molar refractivity (Wildman–Crippen MR) is 96.3 cm³/mol. The van der Waals surface area contributed by atoms with Crippen molar-refractivity contribution in [3.05, 3.63) is 26.1 Å². The van der Waals surface area contributed by atoms with E-state index < -0.39 is 10.0 Å². The normalized spacial score (nSPS) is 13.1. The molecule has 0 aliphatic heterocycles. The zero-order valence-corrected chi connectivity index (χ0v) is 16.2. The highest BCUT2D eigenvalue weighted by molar-refractivity contribution is 14.1. The Kier molecular flexibility index (Phi) is 5.36. The van der Waals surface area contributed by atoms with Crippen molar-refractivity contribution in [2.45, 2.75) is 6.73 Å². The zero-order valence-electron chi connectivity index (χ0n) is 11.6. The second kappa shape index (κ2) is 6.50. The summed E-state index contributed by atoms with van der Waals surface area (Å²) in [6, 6.07) is 3.57. The van der Waals surface area contributed by atoms with Crippen molar-refractivity contribution in [1.29, 1.82) is 0 Å². The lowest BCUT2D eigenvalue weighted by Gasteiger charge is -2.24. The quantitative estimate of drug-likeness (QED) is 0.479. The molecular formula is C13H17BrFIN2OS. The van der Waals surface area contributed by atoms with E-state index in [0.717, 1.165) is 14.8 Å². The summed E-state index contributed by atoms with van der Waals surface area (Å²) in [6.07, 6.45) is 6.75. The van der Waals surface area contributed by atoms with Gasteiger partial charge in [0.25, 0.3) is 0 Å². The van der Waals surface area contributed by atoms with Crippen LogP contribution in [-0.4, -0.2) is 40.9 Å². The van der Waals surface area contributed by atoms with E-state index >= 15 is 0 Å². The van der Waals surface area contributed by atoms with Crippen LogP contribution in [0.4, 0.5) is 4.39 Å². The van der Waals surface area contributed by atoms with Gasteiger partial charge in [-0.2, -0.15) is 5.10 Å². The van der Waals surface area contributed by atoms with E-state index in [0.29, 0.717) is 16.6 Å².